The molecular formula is C18H20FIN2O3. The lowest BCUT2D eigenvalue weighted by Gasteiger charge is -2.25. The van der Waals surface area contributed by atoms with Crippen LogP contribution in [-0.4, -0.2) is 24.0 Å². The molecule has 1 N–H and O–H groups in total. The minimum atomic E-state index is -0.745. The van der Waals surface area contributed by atoms with Crippen LogP contribution in [0.4, 0.5) is 4.39 Å². The van der Waals surface area contributed by atoms with E-state index in [1.54, 1.807) is 38.4 Å². The number of benzene rings is 1. The topological polar surface area (TPSA) is 59.3 Å². The average Bonchev–Trinajstić information content (AvgIpc) is 2.53. The first kappa shape index (κ1) is 21.0. The van der Waals surface area contributed by atoms with Gasteiger partial charge in [0.2, 0.25) is 0 Å². The van der Waals surface area contributed by atoms with Crippen LogP contribution in [0.1, 0.15) is 34.6 Å². The number of rotatable bonds is 5. The number of pyridine rings is 1. The fourth-order valence-corrected chi connectivity index (χ4v) is 1.98. The molecule has 1 aromatic carbocycles. The Bertz CT molecular complexity index is 731. The van der Waals surface area contributed by atoms with Gasteiger partial charge in [-0.15, -0.1) is 0 Å². The maximum atomic E-state index is 12.9. The van der Waals surface area contributed by atoms with Crippen LogP contribution in [-0.2, 0) is 11.8 Å². The van der Waals surface area contributed by atoms with Crippen LogP contribution in [0.5, 0.6) is 0 Å². The standard InChI is InChI=1S/C18H19FN2O3.HI/c1-18(2,20-16(22)13-8-10-21(3)11-9-13)12-24-17(23)14-4-6-15(19)7-5-14;/h4-11H,12H2,1-3H3;1H. The van der Waals surface area contributed by atoms with E-state index in [0.717, 1.165) is 0 Å². The van der Waals surface area contributed by atoms with Gasteiger partial charge in [0.15, 0.2) is 12.4 Å². The van der Waals surface area contributed by atoms with E-state index in [0.29, 0.717) is 5.56 Å². The highest BCUT2D eigenvalue weighted by atomic mass is 127. The molecular weight excluding hydrogens is 438 g/mol. The molecule has 1 amide bonds. The summed E-state index contributed by atoms with van der Waals surface area (Å²) in [5.41, 5.74) is 0.0327. The molecule has 134 valence electrons. The smallest absolute Gasteiger partial charge is 0.338 e. The first-order valence-electron chi connectivity index (χ1n) is 7.47. The van der Waals surface area contributed by atoms with Gasteiger partial charge in [-0.05, 0) is 38.1 Å². The number of esters is 1. The van der Waals surface area contributed by atoms with E-state index in [2.05, 4.69) is 5.32 Å². The lowest BCUT2D eigenvalue weighted by Crippen LogP contribution is -3.00. The monoisotopic (exact) mass is 458 g/mol. The Morgan fingerprint density at radius 1 is 1.08 bits per heavy atom. The van der Waals surface area contributed by atoms with Crippen LogP contribution < -0.4 is 33.9 Å². The molecule has 1 heterocycles. The molecule has 0 saturated carbocycles. The molecule has 0 saturated heterocycles. The number of nitrogens with zero attached hydrogens (tertiary/aromatic N) is 1. The third kappa shape index (κ3) is 6.41. The van der Waals surface area contributed by atoms with Gasteiger partial charge in [-0.1, -0.05) is 0 Å². The van der Waals surface area contributed by atoms with Crippen LogP contribution in [0.15, 0.2) is 48.8 Å². The van der Waals surface area contributed by atoms with Crippen molar-refractivity contribution in [3.63, 3.8) is 0 Å². The van der Waals surface area contributed by atoms with Gasteiger partial charge in [0.25, 0.3) is 5.91 Å². The number of hydrogen-bond donors (Lipinski definition) is 1. The Hall–Kier alpha value is -2.03. The predicted octanol–water partition coefficient (Wildman–Crippen LogP) is -0.980. The van der Waals surface area contributed by atoms with Crippen LogP contribution in [0.2, 0.25) is 0 Å². The van der Waals surface area contributed by atoms with E-state index in [4.69, 9.17) is 4.74 Å². The molecule has 2 rings (SSSR count). The van der Waals surface area contributed by atoms with Gasteiger partial charge in [-0.3, -0.25) is 4.79 Å². The first-order valence-corrected chi connectivity index (χ1v) is 7.47. The Morgan fingerprint density at radius 3 is 2.20 bits per heavy atom. The van der Waals surface area contributed by atoms with Crippen molar-refractivity contribution in [2.24, 2.45) is 7.05 Å². The van der Waals surface area contributed by atoms with Gasteiger partial charge in [0, 0.05) is 12.1 Å². The van der Waals surface area contributed by atoms with Crippen LogP contribution in [0, 0.1) is 5.82 Å². The number of aryl methyl sites for hydroxylation is 1. The van der Waals surface area contributed by atoms with Gasteiger partial charge in [-0.2, -0.15) is 0 Å². The molecule has 0 aliphatic rings. The second-order valence-electron chi connectivity index (χ2n) is 6.17. The summed E-state index contributed by atoms with van der Waals surface area (Å²) in [5.74, 6) is -1.24. The van der Waals surface area contributed by atoms with Crippen LogP contribution in [0.3, 0.4) is 0 Å². The maximum absolute atomic E-state index is 12.9. The quantitative estimate of drug-likeness (QED) is 0.356. The molecule has 1 aromatic heterocycles. The van der Waals surface area contributed by atoms with Crippen molar-refractivity contribution in [2.75, 3.05) is 6.61 Å². The SMILES string of the molecule is C[n+]1ccc(C(=O)NC(C)(C)COC(=O)c2ccc(F)cc2)cc1.[I-]. The molecule has 2 aromatic rings. The van der Waals surface area contributed by atoms with Crippen molar-refractivity contribution in [1.29, 1.82) is 0 Å². The number of ether oxygens (including phenoxy) is 1. The predicted molar refractivity (Wildman–Crippen MR) is 85.8 cm³/mol. The van der Waals surface area contributed by atoms with Crippen molar-refractivity contribution in [1.82, 2.24) is 5.32 Å². The van der Waals surface area contributed by atoms with E-state index in [1.807, 2.05) is 11.6 Å². The second kappa shape index (κ2) is 8.89. The Balaban J connectivity index is 0.00000312. The zero-order valence-electron chi connectivity index (χ0n) is 14.3. The molecule has 0 aliphatic heterocycles. The largest absolute Gasteiger partial charge is 1.00 e. The van der Waals surface area contributed by atoms with Gasteiger partial charge in [0.1, 0.15) is 19.5 Å². The zero-order valence-corrected chi connectivity index (χ0v) is 16.4. The van der Waals surface area contributed by atoms with Gasteiger partial charge >= 0.3 is 5.97 Å². The van der Waals surface area contributed by atoms with E-state index < -0.39 is 17.3 Å². The number of aromatic nitrogens is 1. The molecule has 0 unspecified atom stereocenters. The number of halogens is 2. The van der Waals surface area contributed by atoms with Crippen molar-refractivity contribution < 1.29 is 47.3 Å². The molecule has 0 spiro atoms. The van der Waals surface area contributed by atoms with E-state index in [1.165, 1.54) is 24.3 Å². The van der Waals surface area contributed by atoms with Crippen LogP contribution >= 0.6 is 0 Å². The lowest BCUT2D eigenvalue weighted by molar-refractivity contribution is -0.671. The van der Waals surface area contributed by atoms with E-state index in [9.17, 15) is 14.0 Å². The molecule has 25 heavy (non-hydrogen) atoms. The summed E-state index contributed by atoms with van der Waals surface area (Å²) in [6.07, 6.45) is 3.55. The normalized spacial score (nSPS) is 10.6. The van der Waals surface area contributed by atoms with Gasteiger partial charge < -0.3 is 34.0 Å². The summed E-state index contributed by atoms with van der Waals surface area (Å²) in [6, 6.07) is 8.50. The molecule has 0 atom stereocenters. The average molecular weight is 458 g/mol. The third-order valence-corrected chi connectivity index (χ3v) is 3.34. The number of carbonyl (C=O) groups excluding carboxylic acids is 2. The Labute approximate surface area is 163 Å². The first-order chi connectivity index (χ1) is 11.3. The molecule has 0 fully saturated rings. The fourth-order valence-electron chi connectivity index (χ4n) is 1.98. The lowest BCUT2D eigenvalue weighted by atomic mass is 10.1. The number of carbonyl (C=O) groups is 2. The van der Waals surface area contributed by atoms with Crippen molar-refractivity contribution >= 4 is 11.9 Å². The molecule has 0 bridgehead atoms. The van der Waals surface area contributed by atoms with Gasteiger partial charge in [0.05, 0.1) is 16.7 Å². The Morgan fingerprint density at radius 2 is 1.64 bits per heavy atom. The summed E-state index contributed by atoms with van der Waals surface area (Å²) in [7, 11) is 1.86. The highest BCUT2D eigenvalue weighted by Gasteiger charge is 2.24. The second-order valence-corrected chi connectivity index (χ2v) is 6.17. The van der Waals surface area contributed by atoms with Crippen LogP contribution in [0.25, 0.3) is 0 Å². The summed E-state index contributed by atoms with van der Waals surface area (Å²) in [6.45, 7) is 3.51. The molecule has 7 heteroatoms. The summed E-state index contributed by atoms with van der Waals surface area (Å²) in [4.78, 5) is 24.2. The zero-order chi connectivity index (χ0) is 17.7. The fraction of sp³-hybridized carbons (Fsp3) is 0.278. The number of hydrogen-bond acceptors (Lipinski definition) is 3. The summed E-state index contributed by atoms with van der Waals surface area (Å²) >= 11 is 0. The summed E-state index contributed by atoms with van der Waals surface area (Å²) < 4.78 is 19.9. The van der Waals surface area contributed by atoms with Crippen molar-refractivity contribution in [3.8, 4) is 0 Å². The maximum Gasteiger partial charge on any atom is 0.338 e. The van der Waals surface area contributed by atoms with Crippen molar-refractivity contribution in [2.45, 2.75) is 19.4 Å². The number of nitrogens with one attached hydrogen (secondary N) is 1. The minimum Gasteiger partial charge on any atom is -1.00 e. The third-order valence-electron chi connectivity index (χ3n) is 3.34. The molecule has 0 aliphatic carbocycles. The number of amides is 1. The summed E-state index contributed by atoms with van der Waals surface area (Å²) in [5, 5.41) is 2.82. The highest BCUT2D eigenvalue weighted by Crippen LogP contribution is 2.09. The van der Waals surface area contributed by atoms with Crippen molar-refractivity contribution in [3.05, 3.63) is 65.7 Å². The molecule has 5 nitrogen and oxygen atoms in total. The highest BCUT2D eigenvalue weighted by molar-refractivity contribution is 5.94. The minimum absolute atomic E-state index is 0. The van der Waals surface area contributed by atoms with Gasteiger partial charge in [-0.25, -0.2) is 13.8 Å². The molecule has 0 radical (unpaired) electrons. The van der Waals surface area contributed by atoms with E-state index in [-0.39, 0.29) is 42.1 Å². The Kier molecular flexibility index (Phi) is 7.47. The van der Waals surface area contributed by atoms with E-state index >= 15 is 0 Å².